The Hall–Kier alpha value is -7.26. The van der Waals surface area contributed by atoms with Crippen molar-refractivity contribution in [3.63, 3.8) is 0 Å². The Labute approximate surface area is 334 Å². The van der Waals surface area contributed by atoms with Gasteiger partial charge in [-0.2, -0.15) is 0 Å². The van der Waals surface area contributed by atoms with E-state index in [-0.39, 0.29) is 24.2 Å². The van der Waals surface area contributed by atoms with Crippen molar-refractivity contribution in [3.8, 4) is 11.1 Å². The van der Waals surface area contributed by atoms with E-state index in [1.807, 2.05) is 100 Å². The van der Waals surface area contributed by atoms with E-state index in [1.54, 1.807) is 0 Å². The molecule has 0 aliphatic carbocycles. The summed E-state index contributed by atoms with van der Waals surface area (Å²) in [5.41, 5.74) is 7.82. The van der Waals surface area contributed by atoms with Gasteiger partial charge in [-0.3, -0.25) is 0 Å². The number of anilines is 3. The lowest BCUT2D eigenvalue weighted by Gasteiger charge is -2.26. The minimum absolute atomic E-state index is 0.0216. The van der Waals surface area contributed by atoms with Gasteiger partial charge in [0.1, 0.15) is 11.6 Å². The van der Waals surface area contributed by atoms with Gasteiger partial charge in [0, 0.05) is 83.9 Å². The fourth-order valence-electron chi connectivity index (χ4n) is 8.29. The number of benzene rings is 8. The van der Waals surface area contributed by atoms with Crippen molar-refractivity contribution in [1.82, 2.24) is 9.13 Å². The molecule has 3 nitrogen and oxygen atoms in total. The molecule has 10 rings (SSSR count). The molecule has 2 aromatic heterocycles. The fourth-order valence-corrected chi connectivity index (χ4v) is 8.29. The topological polar surface area (TPSA) is 13.1 Å². The smallest absolute Gasteiger partial charge is 0.161 e. The number of fused-ring (bicyclic) bond motifs is 6. The van der Waals surface area contributed by atoms with Gasteiger partial charge < -0.3 is 14.0 Å². The Balaban J connectivity index is 1.15. The first-order valence-electron chi connectivity index (χ1n) is 19.0. The van der Waals surface area contributed by atoms with Crippen LogP contribution in [0.2, 0.25) is 0 Å². The summed E-state index contributed by atoms with van der Waals surface area (Å²) in [6.07, 6.45) is 0. The zero-order valence-corrected chi connectivity index (χ0v) is 31.1. The number of halogens is 6. The average Bonchev–Trinajstić information content (AvgIpc) is 3.73. The first-order chi connectivity index (χ1) is 28.7. The molecule has 0 aliphatic rings. The highest BCUT2D eigenvalue weighted by Gasteiger charge is 2.21. The molecule has 0 radical (unpaired) electrons. The lowest BCUT2D eigenvalue weighted by atomic mass is 10.0. The van der Waals surface area contributed by atoms with E-state index in [1.165, 1.54) is 0 Å². The monoisotopic (exact) mass is 787 g/mol. The maximum absolute atomic E-state index is 15.0. The molecule has 0 N–H and O–H groups in total. The Morgan fingerprint density at radius 3 is 1.20 bits per heavy atom. The van der Waals surface area contributed by atoms with Gasteiger partial charge in [0.2, 0.25) is 0 Å². The first kappa shape index (κ1) is 36.1. The number of hydrogen-bond donors (Lipinski definition) is 0. The normalized spacial score (nSPS) is 11.7. The molecular formula is C50H31F6N3. The second-order valence-corrected chi connectivity index (χ2v) is 14.6. The SMILES string of the molecule is Fc1cc(F)c(Cn2c3ccccc3c3cc(N(c4ccc(-c5ccccc5)cc4)c4ccc5c(c4)c4ccccc4n5Cc4cc(F)c(F)cc4F)ccc32)cc1F. The maximum Gasteiger partial charge on any atom is 0.161 e. The number of rotatable bonds is 8. The van der Waals surface area contributed by atoms with Gasteiger partial charge in [0.05, 0.1) is 13.1 Å². The largest absolute Gasteiger partial charge is 0.336 e. The molecule has 8 aromatic carbocycles. The molecule has 0 saturated carbocycles. The average molecular weight is 788 g/mol. The maximum atomic E-state index is 15.0. The first-order valence-corrected chi connectivity index (χ1v) is 19.0. The zero-order valence-electron chi connectivity index (χ0n) is 31.1. The van der Waals surface area contributed by atoms with E-state index in [4.69, 9.17) is 0 Å². The summed E-state index contributed by atoms with van der Waals surface area (Å²) in [5, 5.41) is 3.54. The Morgan fingerprint density at radius 1 is 0.322 bits per heavy atom. The van der Waals surface area contributed by atoms with Crippen molar-refractivity contribution in [2.75, 3.05) is 4.90 Å². The van der Waals surface area contributed by atoms with Crippen molar-refractivity contribution < 1.29 is 26.3 Å². The quantitative estimate of drug-likeness (QED) is 0.110. The van der Waals surface area contributed by atoms with Gasteiger partial charge >= 0.3 is 0 Å². The van der Waals surface area contributed by atoms with E-state index >= 15 is 0 Å². The predicted octanol–water partition coefficient (Wildman–Crippen LogP) is 14.0. The highest BCUT2D eigenvalue weighted by Crippen LogP contribution is 2.42. The Kier molecular flexibility index (Phi) is 8.74. The molecule has 10 aromatic rings. The molecule has 288 valence electrons. The van der Waals surface area contributed by atoms with Gasteiger partial charge in [-0.15, -0.1) is 0 Å². The molecule has 0 bridgehead atoms. The van der Waals surface area contributed by atoms with Gasteiger partial charge in [-0.05, 0) is 83.9 Å². The molecule has 9 heteroatoms. The molecule has 0 spiro atoms. The third-order valence-corrected chi connectivity index (χ3v) is 11.1. The van der Waals surface area contributed by atoms with Gasteiger partial charge in [-0.25, -0.2) is 26.3 Å². The Bertz CT molecular complexity index is 3070. The lowest BCUT2D eigenvalue weighted by molar-refractivity contribution is 0.489. The van der Waals surface area contributed by atoms with Crippen molar-refractivity contribution in [1.29, 1.82) is 0 Å². The summed E-state index contributed by atoms with van der Waals surface area (Å²) < 4.78 is 90.2. The number of aromatic nitrogens is 2. The lowest BCUT2D eigenvalue weighted by Crippen LogP contribution is -2.10. The third kappa shape index (κ3) is 6.26. The van der Waals surface area contributed by atoms with Crippen molar-refractivity contribution >= 4 is 60.7 Å². The van der Waals surface area contributed by atoms with Gasteiger partial charge in [0.25, 0.3) is 0 Å². The predicted molar refractivity (Wildman–Crippen MR) is 223 cm³/mol. The minimum atomic E-state index is -1.24. The molecule has 0 fully saturated rings. The molecule has 0 saturated heterocycles. The molecular weight excluding hydrogens is 757 g/mol. The van der Waals surface area contributed by atoms with E-state index in [2.05, 4.69) is 53.4 Å². The highest BCUT2D eigenvalue weighted by atomic mass is 19.2. The second kappa shape index (κ2) is 14.3. The molecule has 0 aliphatic heterocycles. The summed E-state index contributed by atoms with van der Waals surface area (Å²) in [5.74, 6) is -6.37. The van der Waals surface area contributed by atoms with Crippen molar-refractivity contribution in [2.45, 2.75) is 13.1 Å². The summed E-state index contributed by atoms with van der Waals surface area (Å²) in [6, 6.07) is 48.7. The van der Waals surface area contributed by atoms with Crippen LogP contribution in [0.15, 0.2) is 164 Å². The van der Waals surface area contributed by atoms with Crippen LogP contribution in [-0.2, 0) is 13.1 Å². The number of para-hydroxylation sites is 2. The van der Waals surface area contributed by atoms with Crippen molar-refractivity contribution in [2.24, 2.45) is 0 Å². The van der Waals surface area contributed by atoms with E-state index in [9.17, 15) is 26.3 Å². The van der Waals surface area contributed by atoms with Crippen molar-refractivity contribution in [3.05, 3.63) is 210 Å². The molecule has 2 heterocycles. The van der Waals surface area contributed by atoms with E-state index < -0.39 is 34.9 Å². The van der Waals surface area contributed by atoms with Crippen LogP contribution in [0.1, 0.15) is 11.1 Å². The number of nitrogens with zero attached hydrogens (tertiary/aromatic N) is 3. The van der Waals surface area contributed by atoms with Crippen LogP contribution in [0.3, 0.4) is 0 Å². The number of hydrogen-bond acceptors (Lipinski definition) is 1. The summed E-state index contributed by atoms with van der Waals surface area (Å²) in [6.45, 7) is -0.0432. The summed E-state index contributed by atoms with van der Waals surface area (Å²) in [4.78, 5) is 2.13. The van der Waals surface area contributed by atoms with Crippen LogP contribution in [0, 0.1) is 34.9 Å². The summed E-state index contributed by atoms with van der Waals surface area (Å²) in [7, 11) is 0. The van der Waals surface area contributed by atoms with Crippen LogP contribution in [-0.4, -0.2) is 9.13 Å². The molecule has 0 amide bonds. The fraction of sp³-hybridized carbons (Fsp3) is 0.0400. The van der Waals surface area contributed by atoms with Crippen LogP contribution >= 0.6 is 0 Å². The van der Waals surface area contributed by atoms with Crippen LogP contribution in [0.5, 0.6) is 0 Å². The minimum Gasteiger partial charge on any atom is -0.336 e. The Morgan fingerprint density at radius 2 is 0.712 bits per heavy atom. The zero-order chi connectivity index (χ0) is 40.4. The second-order valence-electron chi connectivity index (χ2n) is 14.6. The molecule has 59 heavy (non-hydrogen) atoms. The van der Waals surface area contributed by atoms with Gasteiger partial charge in [-0.1, -0.05) is 78.9 Å². The van der Waals surface area contributed by atoms with Crippen LogP contribution in [0.25, 0.3) is 54.7 Å². The molecule has 0 atom stereocenters. The summed E-state index contributed by atoms with van der Waals surface area (Å²) >= 11 is 0. The third-order valence-electron chi connectivity index (χ3n) is 11.1. The molecule has 0 unspecified atom stereocenters. The standard InChI is InChI=1S/C50H31F6N3/c51-41-26-45(55)43(53)22-32(41)28-57-47-12-6-4-10-37(47)39-24-35(18-20-49(39)57)59(34-16-14-31(15-17-34)30-8-2-1-3-9-30)36-19-21-50-40(25-36)38-11-5-7-13-48(38)58(50)29-33-23-44(54)46(56)27-42(33)52/h1-27H,28-29H2. The van der Waals surface area contributed by atoms with Gasteiger partial charge in [0.15, 0.2) is 23.3 Å². The van der Waals surface area contributed by atoms with E-state index in [0.29, 0.717) is 12.1 Å². The van der Waals surface area contributed by atoms with Crippen LogP contribution < -0.4 is 4.90 Å². The van der Waals surface area contributed by atoms with Crippen LogP contribution in [0.4, 0.5) is 43.4 Å². The van der Waals surface area contributed by atoms with E-state index in [0.717, 1.165) is 83.9 Å². The highest BCUT2D eigenvalue weighted by molar-refractivity contribution is 6.11.